The maximum absolute atomic E-state index is 13.1. The first-order valence-electron chi connectivity index (χ1n) is 6.24. The molecule has 1 amide bonds. The molecule has 0 aromatic heterocycles. The maximum atomic E-state index is 13.1. The lowest BCUT2D eigenvalue weighted by atomic mass is 9.99. The number of anilines is 1. The third-order valence-electron chi connectivity index (χ3n) is 2.87. The minimum Gasteiger partial charge on any atom is -0.324 e. The number of rotatable bonds is 5. The highest BCUT2D eigenvalue weighted by molar-refractivity contribution is 5.79. The van der Waals surface area contributed by atoms with Crippen molar-refractivity contribution in [3.05, 3.63) is 37.4 Å². The van der Waals surface area contributed by atoms with Crippen molar-refractivity contribution in [3.8, 4) is 0 Å². The van der Waals surface area contributed by atoms with Crippen LogP contribution in [0, 0.1) is 20.2 Å². The lowest BCUT2D eigenvalue weighted by Gasteiger charge is -2.15. The highest BCUT2D eigenvalue weighted by Gasteiger charge is 2.42. The molecule has 1 rings (SSSR count). The van der Waals surface area contributed by atoms with Gasteiger partial charge in [-0.05, 0) is 6.42 Å². The van der Waals surface area contributed by atoms with Gasteiger partial charge in [0.25, 0.3) is 0 Å². The highest BCUT2D eigenvalue weighted by Crippen LogP contribution is 2.45. The highest BCUT2D eigenvalue weighted by atomic mass is 19.4. The SMILES string of the molecule is CCc1c(C(F)(F)F)cc([N+](=O)[O-])c(NOC(=O)NC)c1[N+](=O)[O-]. The second-order valence-electron chi connectivity index (χ2n) is 4.25. The summed E-state index contributed by atoms with van der Waals surface area (Å²) in [6.07, 6.45) is -6.63. The van der Waals surface area contributed by atoms with E-state index < -0.39 is 56.7 Å². The second kappa shape index (κ2) is 6.97. The molecule has 0 spiro atoms. The Labute approximate surface area is 131 Å². The molecular weight excluding hydrogens is 341 g/mol. The minimum absolute atomic E-state index is 0.154. The van der Waals surface area contributed by atoms with E-state index in [2.05, 4.69) is 4.84 Å². The summed E-state index contributed by atoms with van der Waals surface area (Å²) in [5.74, 6) is 0. The van der Waals surface area contributed by atoms with E-state index in [4.69, 9.17) is 0 Å². The molecule has 10 nitrogen and oxygen atoms in total. The number of halogens is 3. The Hall–Kier alpha value is -3.12. The number of alkyl halides is 3. The summed E-state index contributed by atoms with van der Waals surface area (Å²) in [5, 5.41) is 24.2. The number of carbonyl (C=O) groups is 1. The molecule has 0 aliphatic carbocycles. The van der Waals surface area contributed by atoms with Crippen LogP contribution in [-0.4, -0.2) is 23.0 Å². The monoisotopic (exact) mass is 352 g/mol. The number of nitro benzene ring substituents is 2. The van der Waals surface area contributed by atoms with Crippen LogP contribution in [0.5, 0.6) is 0 Å². The zero-order valence-electron chi connectivity index (χ0n) is 12.3. The van der Waals surface area contributed by atoms with Crippen molar-refractivity contribution in [1.29, 1.82) is 0 Å². The molecule has 0 atom stereocenters. The smallest absolute Gasteiger partial charge is 0.324 e. The molecule has 0 saturated heterocycles. The van der Waals surface area contributed by atoms with Crippen LogP contribution in [0.3, 0.4) is 0 Å². The molecule has 0 aliphatic heterocycles. The van der Waals surface area contributed by atoms with Gasteiger partial charge in [0.1, 0.15) is 0 Å². The van der Waals surface area contributed by atoms with Crippen LogP contribution < -0.4 is 10.8 Å². The normalized spacial score (nSPS) is 10.9. The van der Waals surface area contributed by atoms with Crippen molar-refractivity contribution in [2.45, 2.75) is 19.5 Å². The average molecular weight is 352 g/mol. The molecule has 0 saturated carbocycles. The number of hydrogen-bond acceptors (Lipinski definition) is 7. The van der Waals surface area contributed by atoms with Gasteiger partial charge in [-0.3, -0.25) is 20.2 Å². The molecule has 0 heterocycles. The number of nitrogens with zero attached hydrogens (tertiary/aromatic N) is 2. The van der Waals surface area contributed by atoms with Crippen molar-refractivity contribution in [1.82, 2.24) is 5.32 Å². The third kappa shape index (κ3) is 3.80. The van der Waals surface area contributed by atoms with Gasteiger partial charge in [-0.1, -0.05) is 6.92 Å². The molecule has 13 heteroatoms. The molecule has 1 aromatic carbocycles. The number of nitro groups is 2. The van der Waals surface area contributed by atoms with E-state index in [-0.39, 0.29) is 6.07 Å². The number of nitrogens with one attached hydrogen (secondary N) is 2. The van der Waals surface area contributed by atoms with Gasteiger partial charge < -0.3 is 10.2 Å². The molecule has 1 aromatic rings. The Kier molecular flexibility index (Phi) is 5.50. The molecule has 0 fully saturated rings. The Morgan fingerprint density at radius 3 is 2.25 bits per heavy atom. The van der Waals surface area contributed by atoms with Gasteiger partial charge in [-0.25, -0.2) is 10.3 Å². The van der Waals surface area contributed by atoms with E-state index in [1.807, 2.05) is 5.32 Å². The van der Waals surface area contributed by atoms with Crippen LogP contribution in [-0.2, 0) is 17.4 Å². The molecule has 132 valence electrons. The molecule has 0 unspecified atom stereocenters. The molecule has 24 heavy (non-hydrogen) atoms. The van der Waals surface area contributed by atoms with Gasteiger partial charge in [0.05, 0.1) is 15.4 Å². The second-order valence-corrected chi connectivity index (χ2v) is 4.25. The number of hydrogen-bond donors (Lipinski definition) is 2. The lowest BCUT2D eigenvalue weighted by Crippen LogP contribution is -2.23. The van der Waals surface area contributed by atoms with Crippen LogP contribution in [0.25, 0.3) is 0 Å². The number of benzene rings is 1. The van der Waals surface area contributed by atoms with E-state index in [1.54, 1.807) is 5.48 Å². The molecule has 0 aliphatic rings. The van der Waals surface area contributed by atoms with Crippen LogP contribution in [0.4, 0.5) is 35.0 Å². The maximum Gasteiger partial charge on any atom is 0.431 e. The van der Waals surface area contributed by atoms with Gasteiger partial charge in [0.2, 0.25) is 5.69 Å². The fraction of sp³-hybridized carbons (Fsp3) is 0.364. The first-order chi connectivity index (χ1) is 11.0. The first kappa shape index (κ1) is 18.9. The van der Waals surface area contributed by atoms with Crippen LogP contribution >= 0.6 is 0 Å². The van der Waals surface area contributed by atoms with Crippen LogP contribution in [0.2, 0.25) is 0 Å². The summed E-state index contributed by atoms with van der Waals surface area (Å²) in [6.45, 7) is 1.22. The lowest BCUT2D eigenvalue weighted by molar-refractivity contribution is -0.393. The predicted octanol–water partition coefficient (Wildman–Crippen LogP) is 2.77. The average Bonchev–Trinajstić information content (AvgIpc) is 2.49. The van der Waals surface area contributed by atoms with Crippen molar-refractivity contribution < 1.29 is 32.6 Å². The van der Waals surface area contributed by atoms with Gasteiger partial charge >= 0.3 is 23.6 Å². The molecule has 0 radical (unpaired) electrons. The first-order valence-corrected chi connectivity index (χ1v) is 6.24. The topological polar surface area (TPSA) is 137 Å². The van der Waals surface area contributed by atoms with E-state index in [0.29, 0.717) is 0 Å². The summed E-state index contributed by atoms with van der Waals surface area (Å²) in [5.41, 5.74) is -4.00. The Bertz CT molecular complexity index is 691. The summed E-state index contributed by atoms with van der Waals surface area (Å²) in [6, 6.07) is 0.154. The van der Waals surface area contributed by atoms with Crippen LogP contribution in [0.1, 0.15) is 18.1 Å². The quantitative estimate of drug-likeness (QED) is 0.614. The van der Waals surface area contributed by atoms with E-state index in [0.717, 1.165) is 7.05 Å². The Morgan fingerprint density at radius 1 is 1.29 bits per heavy atom. The molecule has 2 N–H and O–H groups in total. The summed E-state index contributed by atoms with van der Waals surface area (Å²) in [7, 11) is 1.14. The van der Waals surface area contributed by atoms with Crippen molar-refractivity contribution in [2.24, 2.45) is 0 Å². The third-order valence-corrected chi connectivity index (χ3v) is 2.87. The van der Waals surface area contributed by atoms with Gasteiger partial charge in [-0.15, -0.1) is 0 Å². The molecular formula is C11H11F3N4O6. The van der Waals surface area contributed by atoms with Gasteiger partial charge in [0.15, 0.2) is 0 Å². The fourth-order valence-electron chi connectivity index (χ4n) is 1.90. The van der Waals surface area contributed by atoms with Crippen molar-refractivity contribution in [2.75, 3.05) is 12.5 Å². The van der Waals surface area contributed by atoms with Gasteiger partial charge in [0, 0.05) is 18.7 Å². The van der Waals surface area contributed by atoms with Gasteiger partial charge in [-0.2, -0.15) is 13.2 Å². The summed E-state index contributed by atoms with van der Waals surface area (Å²) < 4.78 is 39.2. The van der Waals surface area contributed by atoms with E-state index in [1.165, 1.54) is 6.92 Å². The Morgan fingerprint density at radius 2 is 1.88 bits per heavy atom. The fourth-order valence-corrected chi connectivity index (χ4v) is 1.90. The summed E-state index contributed by atoms with van der Waals surface area (Å²) in [4.78, 5) is 35.0. The largest absolute Gasteiger partial charge is 0.431 e. The number of carbonyl (C=O) groups excluding carboxylic acids is 1. The van der Waals surface area contributed by atoms with E-state index >= 15 is 0 Å². The standard InChI is InChI=1S/C11H11F3N4O6/c1-3-5-6(11(12,13)14)4-7(17(20)21)8(9(5)18(22)23)16-24-10(19)15-2/h4,16H,3H2,1-2H3,(H,15,19). The van der Waals surface area contributed by atoms with Crippen molar-refractivity contribution in [3.63, 3.8) is 0 Å². The number of amides is 1. The van der Waals surface area contributed by atoms with E-state index in [9.17, 15) is 38.2 Å². The zero-order chi connectivity index (χ0) is 18.7. The predicted molar refractivity (Wildman–Crippen MR) is 73.3 cm³/mol. The summed E-state index contributed by atoms with van der Waals surface area (Å²) >= 11 is 0. The zero-order valence-corrected chi connectivity index (χ0v) is 12.3. The Balaban J connectivity index is 3.74. The van der Waals surface area contributed by atoms with Crippen molar-refractivity contribution >= 4 is 23.2 Å². The van der Waals surface area contributed by atoms with Crippen LogP contribution in [0.15, 0.2) is 6.07 Å². The minimum atomic E-state index is -5.04. The molecule has 0 bridgehead atoms.